The maximum Gasteiger partial charge on any atom is 0.213 e. The molecule has 0 fully saturated rings. The summed E-state index contributed by atoms with van der Waals surface area (Å²) < 4.78 is 5.20. The maximum atomic E-state index is 10.4. The highest BCUT2D eigenvalue weighted by atomic mass is 79.9. The summed E-state index contributed by atoms with van der Waals surface area (Å²) in [7, 11) is 0. The lowest BCUT2D eigenvalue weighted by Crippen LogP contribution is -2.46. The van der Waals surface area contributed by atoms with Crippen molar-refractivity contribution in [3.05, 3.63) is 21.7 Å². The van der Waals surface area contributed by atoms with Crippen molar-refractivity contribution in [2.75, 3.05) is 0 Å². The molecule has 92 valence electrons. The Morgan fingerprint density at radius 2 is 2.25 bits per heavy atom. The van der Waals surface area contributed by atoms with E-state index in [1.807, 2.05) is 6.92 Å². The summed E-state index contributed by atoms with van der Waals surface area (Å²) in [5, 5.41) is 11.0. The number of halogens is 4. The van der Waals surface area contributed by atoms with Crippen LogP contribution in [0.3, 0.4) is 0 Å². The first-order valence-electron chi connectivity index (χ1n) is 4.63. The molecule has 1 unspecified atom stereocenters. The van der Waals surface area contributed by atoms with Gasteiger partial charge in [0.25, 0.3) is 0 Å². The first-order valence-corrected chi connectivity index (χ1v) is 7.28. The third kappa shape index (κ3) is 2.85. The van der Waals surface area contributed by atoms with Crippen LogP contribution in [0.25, 0.3) is 0 Å². The molecule has 1 heterocycles. The molecule has 1 aliphatic rings. The average molecular weight is 395 g/mol. The highest BCUT2D eigenvalue weighted by Gasteiger charge is 2.44. The molecule has 0 amide bonds. The second kappa shape index (κ2) is 5.72. The minimum Gasteiger partial charge on any atom is -0.360 e. The monoisotopic (exact) mass is 392 g/mol. The summed E-state index contributed by atoms with van der Waals surface area (Å²) >= 11 is 18.3. The van der Waals surface area contributed by atoms with E-state index in [-0.39, 0.29) is 6.10 Å². The van der Waals surface area contributed by atoms with Crippen molar-refractivity contribution in [1.82, 2.24) is 0 Å². The van der Waals surface area contributed by atoms with Crippen molar-refractivity contribution in [3.8, 4) is 0 Å². The third-order valence-electron chi connectivity index (χ3n) is 2.61. The Balaban J connectivity index is 3.09. The molecule has 0 aromatic carbocycles. The summed E-state index contributed by atoms with van der Waals surface area (Å²) in [4.78, 5) is 0. The topological polar surface area (TPSA) is 29.5 Å². The van der Waals surface area contributed by atoms with Crippen molar-refractivity contribution in [2.45, 2.75) is 35.9 Å². The molecule has 0 spiro atoms. The van der Waals surface area contributed by atoms with Gasteiger partial charge < -0.3 is 9.84 Å². The molecular formula is C10H12Br2Cl2O2. The largest absolute Gasteiger partial charge is 0.360 e. The lowest BCUT2D eigenvalue weighted by atomic mass is 9.99. The lowest BCUT2D eigenvalue weighted by Gasteiger charge is -2.39. The van der Waals surface area contributed by atoms with Gasteiger partial charge in [-0.2, -0.15) is 0 Å². The van der Waals surface area contributed by atoms with E-state index in [9.17, 15) is 5.11 Å². The molecule has 0 radical (unpaired) electrons. The Labute approximate surface area is 122 Å². The molecule has 1 aliphatic heterocycles. The number of hydrogen-bond donors (Lipinski definition) is 1. The second-order valence-corrected chi connectivity index (χ2v) is 7.43. The van der Waals surface area contributed by atoms with Gasteiger partial charge in [0.2, 0.25) is 5.79 Å². The Hall–Kier alpha value is 0.940. The molecule has 16 heavy (non-hydrogen) atoms. The zero-order valence-corrected chi connectivity index (χ0v) is 13.5. The summed E-state index contributed by atoms with van der Waals surface area (Å²) in [6.45, 7) is 3.58. The van der Waals surface area contributed by atoms with Crippen molar-refractivity contribution in [3.63, 3.8) is 0 Å². The Bertz CT molecular complexity index is 342. The van der Waals surface area contributed by atoms with E-state index in [0.29, 0.717) is 17.0 Å². The number of aliphatic hydroxyl groups is 1. The molecule has 0 saturated carbocycles. The first-order chi connectivity index (χ1) is 7.32. The normalized spacial score (nSPS) is 32.5. The molecular weight excluding hydrogens is 383 g/mol. The molecule has 0 aromatic rings. The van der Waals surface area contributed by atoms with Gasteiger partial charge in [-0.15, -0.1) is 0 Å². The van der Waals surface area contributed by atoms with Gasteiger partial charge in [0.05, 0.1) is 6.10 Å². The molecule has 0 aromatic heterocycles. The van der Waals surface area contributed by atoms with E-state index in [1.54, 1.807) is 6.92 Å². The van der Waals surface area contributed by atoms with Crippen molar-refractivity contribution < 1.29 is 9.84 Å². The standard InChI is InChI=1S/C10H12Br2Cl2O2/c1-5(4-13)8-3-7(14)6(2)10(15,16-8)9(11)12/h4,8-9,15H,3H2,1-2H3/b5-4-/t8?,10-/m1/s1. The van der Waals surface area contributed by atoms with Crippen LogP contribution in [-0.4, -0.2) is 20.7 Å². The second-order valence-electron chi connectivity index (χ2n) is 3.69. The van der Waals surface area contributed by atoms with Crippen LogP contribution in [0, 0.1) is 0 Å². The average Bonchev–Trinajstić information content (AvgIpc) is 2.23. The van der Waals surface area contributed by atoms with Crippen LogP contribution in [0.2, 0.25) is 0 Å². The van der Waals surface area contributed by atoms with E-state index in [2.05, 4.69) is 31.9 Å². The van der Waals surface area contributed by atoms with Gasteiger partial charge in [-0.25, -0.2) is 0 Å². The van der Waals surface area contributed by atoms with E-state index in [1.165, 1.54) is 5.54 Å². The van der Waals surface area contributed by atoms with E-state index in [0.717, 1.165) is 5.57 Å². The first kappa shape index (κ1) is 15.0. The fourth-order valence-corrected chi connectivity index (χ4v) is 2.72. The molecule has 1 rings (SSSR count). The number of rotatable bonds is 2. The lowest BCUT2D eigenvalue weighted by molar-refractivity contribution is -0.189. The number of alkyl halides is 2. The van der Waals surface area contributed by atoms with E-state index < -0.39 is 9.52 Å². The summed E-state index contributed by atoms with van der Waals surface area (Å²) in [6, 6.07) is 0. The predicted molar refractivity (Wildman–Crippen MR) is 74.2 cm³/mol. The minimum absolute atomic E-state index is 0.309. The van der Waals surface area contributed by atoms with Gasteiger partial charge in [-0.1, -0.05) is 55.1 Å². The van der Waals surface area contributed by atoms with Crippen LogP contribution in [0.1, 0.15) is 20.3 Å². The molecule has 6 heteroatoms. The van der Waals surface area contributed by atoms with Gasteiger partial charge in [-0.3, -0.25) is 0 Å². The highest BCUT2D eigenvalue weighted by Crippen LogP contribution is 2.42. The fraction of sp³-hybridized carbons (Fsp3) is 0.600. The quantitative estimate of drug-likeness (QED) is 0.710. The molecule has 1 N–H and O–H groups in total. The van der Waals surface area contributed by atoms with E-state index in [4.69, 9.17) is 27.9 Å². The van der Waals surface area contributed by atoms with Gasteiger partial charge in [0.15, 0.2) is 0 Å². The SMILES string of the molecule is CC1=C(Cl)CC(/C(C)=C\Cl)O[C@@]1(O)C(Br)Br. The van der Waals surface area contributed by atoms with Gasteiger partial charge in [0, 0.05) is 22.6 Å². The van der Waals surface area contributed by atoms with Crippen molar-refractivity contribution in [1.29, 1.82) is 0 Å². The van der Waals surface area contributed by atoms with Crippen molar-refractivity contribution >= 4 is 55.1 Å². The number of ether oxygens (including phenoxy) is 1. The Morgan fingerprint density at radius 3 is 2.69 bits per heavy atom. The van der Waals surface area contributed by atoms with Crippen LogP contribution < -0.4 is 0 Å². The summed E-state index contributed by atoms with van der Waals surface area (Å²) in [5.41, 5.74) is 2.87. The van der Waals surface area contributed by atoms with E-state index >= 15 is 0 Å². The summed E-state index contributed by atoms with van der Waals surface area (Å²) in [5.74, 6) is -1.46. The molecule has 2 nitrogen and oxygen atoms in total. The maximum absolute atomic E-state index is 10.4. The van der Waals surface area contributed by atoms with Gasteiger partial charge in [-0.05, 0) is 19.4 Å². The Morgan fingerprint density at radius 1 is 1.69 bits per heavy atom. The minimum atomic E-state index is -1.46. The van der Waals surface area contributed by atoms with Crippen LogP contribution in [0.15, 0.2) is 21.7 Å². The highest BCUT2D eigenvalue weighted by molar-refractivity contribution is 9.24. The smallest absolute Gasteiger partial charge is 0.213 e. The fourth-order valence-electron chi connectivity index (χ4n) is 1.40. The van der Waals surface area contributed by atoms with Crippen LogP contribution in [0.4, 0.5) is 0 Å². The molecule has 0 saturated heterocycles. The zero-order chi connectivity index (χ0) is 12.5. The predicted octanol–water partition coefficient (Wildman–Crippen LogP) is 4.24. The van der Waals surface area contributed by atoms with Gasteiger partial charge >= 0.3 is 0 Å². The molecule has 2 atom stereocenters. The summed E-state index contributed by atoms with van der Waals surface area (Å²) in [6.07, 6.45) is 0.216. The van der Waals surface area contributed by atoms with Gasteiger partial charge in [0.1, 0.15) is 3.74 Å². The Kier molecular flexibility index (Phi) is 5.36. The molecule has 0 aliphatic carbocycles. The number of hydrogen-bond acceptors (Lipinski definition) is 2. The third-order valence-corrected chi connectivity index (χ3v) is 4.63. The van der Waals surface area contributed by atoms with Crippen molar-refractivity contribution in [2.24, 2.45) is 0 Å². The van der Waals surface area contributed by atoms with Crippen LogP contribution in [-0.2, 0) is 4.74 Å². The van der Waals surface area contributed by atoms with Crippen LogP contribution >= 0.6 is 55.1 Å². The van der Waals surface area contributed by atoms with Crippen LogP contribution in [0.5, 0.6) is 0 Å². The zero-order valence-electron chi connectivity index (χ0n) is 8.81. The molecule has 0 bridgehead atoms.